The summed E-state index contributed by atoms with van der Waals surface area (Å²) in [5, 5.41) is 17.4. The maximum Gasteiger partial charge on any atom is 0.426 e. The summed E-state index contributed by atoms with van der Waals surface area (Å²) in [7, 11) is 0. The second-order valence-electron chi connectivity index (χ2n) is 3.87. The SMILES string of the molecule is CC(F)(c1ccc(C(=O)O)c(C(=O)O)c1)C(F)(F)F. The molecule has 1 aromatic carbocycles. The molecule has 0 aromatic heterocycles. The topological polar surface area (TPSA) is 74.6 Å². The van der Waals surface area contributed by atoms with E-state index in [1.54, 1.807) is 0 Å². The van der Waals surface area contributed by atoms with E-state index in [0.717, 1.165) is 0 Å². The van der Waals surface area contributed by atoms with Gasteiger partial charge >= 0.3 is 18.1 Å². The van der Waals surface area contributed by atoms with Crippen LogP contribution in [-0.2, 0) is 5.67 Å². The van der Waals surface area contributed by atoms with Gasteiger partial charge in [-0.2, -0.15) is 13.2 Å². The number of alkyl halides is 4. The number of carboxylic acid groups (broad SMARTS) is 2. The molecule has 19 heavy (non-hydrogen) atoms. The van der Waals surface area contributed by atoms with Crippen LogP contribution < -0.4 is 0 Å². The summed E-state index contributed by atoms with van der Waals surface area (Å²) >= 11 is 0. The molecule has 1 atom stereocenters. The van der Waals surface area contributed by atoms with Gasteiger partial charge in [-0.3, -0.25) is 0 Å². The van der Waals surface area contributed by atoms with E-state index in [4.69, 9.17) is 10.2 Å². The molecule has 4 nitrogen and oxygen atoms in total. The molecular weight excluding hydrogens is 272 g/mol. The van der Waals surface area contributed by atoms with Crippen molar-refractivity contribution in [3.05, 3.63) is 34.9 Å². The highest BCUT2D eigenvalue weighted by Gasteiger charge is 2.53. The molecule has 0 aliphatic carbocycles. The third kappa shape index (κ3) is 2.67. The Morgan fingerprint density at radius 1 is 1.00 bits per heavy atom. The van der Waals surface area contributed by atoms with E-state index in [2.05, 4.69) is 0 Å². The number of rotatable bonds is 3. The minimum Gasteiger partial charge on any atom is -0.478 e. The predicted octanol–water partition coefficient (Wildman–Crippen LogP) is 2.83. The second-order valence-corrected chi connectivity index (χ2v) is 3.87. The van der Waals surface area contributed by atoms with Crippen molar-refractivity contribution in [3.63, 3.8) is 0 Å². The largest absolute Gasteiger partial charge is 0.478 e. The fraction of sp³-hybridized carbons (Fsp3) is 0.273. The van der Waals surface area contributed by atoms with Crippen LogP contribution in [0.5, 0.6) is 0 Å². The second kappa shape index (κ2) is 4.52. The lowest BCUT2D eigenvalue weighted by atomic mass is 9.93. The van der Waals surface area contributed by atoms with Crippen LogP contribution in [0.25, 0.3) is 0 Å². The van der Waals surface area contributed by atoms with Gasteiger partial charge in [-0.1, -0.05) is 6.07 Å². The third-order valence-corrected chi connectivity index (χ3v) is 2.55. The molecule has 2 N–H and O–H groups in total. The van der Waals surface area contributed by atoms with Crippen LogP contribution in [0, 0.1) is 0 Å². The Bertz CT molecular complexity index is 534. The van der Waals surface area contributed by atoms with E-state index in [-0.39, 0.29) is 6.92 Å². The van der Waals surface area contributed by atoms with Crippen molar-refractivity contribution in [1.29, 1.82) is 0 Å². The monoisotopic (exact) mass is 280 g/mol. The van der Waals surface area contributed by atoms with E-state index in [1.165, 1.54) is 0 Å². The standard InChI is InChI=1S/C11H8F4O4/c1-10(12,11(13,14)15)5-2-3-6(8(16)17)7(4-5)9(18)19/h2-4H,1H3,(H,16,17)(H,18,19). The van der Waals surface area contributed by atoms with Gasteiger partial charge in [-0.05, 0) is 24.6 Å². The van der Waals surface area contributed by atoms with Crippen molar-refractivity contribution >= 4 is 11.9 Å². The van der Waals surface area contributed by atoms with Crippen LogP contribution in [0.3, 0.4) is 0 Å². The van der Waals surface area contributed by atoms with Gasteiger partial charge in [-0.15, -0.1) is 0 Å². The average molecular weight is 280 g/mol. The van der Waals surface area contributed by atoms with Crippen molar-refractivity contribution in [1.82, 2.24) is 0 Å². The first-order chi connectivity index (χ1) is 8.48. The molecule has 1 unspecified atom stereocenters. The number of hydrogen-bond donors (Lipinski definition) is 2. The third-order valence-electron chi connectivity index (χ3n) is 2.55. The molecule has 0 radical (unpaired) electrons. The number of aromatic carboxylic acids is 2. The summed E-state index contributed by atoms with van der Waals surface area (Å²) in [6.45, 7) is 0.231. The van der Waals surface area contributed by atoms with Crippen molar-refractivity contribution in [2.45, 2.75) is 18.8 Å². The first-order valence-electron chi connectivity index (χ1n) is 4.85. The Morgan fingerprint density at radius 2 is 1.47 bits per heavy atom. The van der Waals surface area contributed by atoms with E-state index in [9.17, 15) is 27.2 Å². The maximum atomic E-state index is 13.6. The molecule has 1 rings (SSSR count). The Labute approximate surface area is 104 Å². The van der Waals surface area contributed by atoms with E-state index in [1.807, 2.05) is 0 Å². The van der Waals surface area contributed by atoms with Crippen LogP contribution in [0.2, 0.25) is 0 Å². The molecule has 0 fully saturated rings. The highest BCUT2D eigenvalue weighted by molar-refractivity contribution is 6.01. The normalized spacial score (nSPS) is 14.8. The molecule has 0 spiro atoms. The lowest BCUT2D eigenvalue weighted by Gasteiger charge is -2.24. The summed E-state index contributed by atoms with van der Waals surface area (Å²) in [6, 6.07) is 1.60. The van der Waals surface area contributed by atoms with Crippen molar-refractivity contribution in [2.24, 2.45) is 0 Å². The number of hydrogen-bond acceptors (Lipinski definition) is 2. The molecule has 8 heteroatoms. The molecular formula is C11H8F4O4. The van der Waals surface area contributed by atoms with E-state index in [0.29, 0.717) is 18.2 Å². The molecule has 0 saturated heterocycles. The van der Waals surface area contributed by atoms with Gasteiger partial charge in [0.05, 0.1) is 11.1 Å². The number of halogens is 4. The van der Waals surface area contributed by atoms with Gasteiger partial charge in [-0.25, -0.2) is 14.0 Å². The molecule has 0 bridgehead atoms. The number of benzene rings is 1. The smallest absolute Gasteiger partial charge is 0.426 e. The van der Waals surface area contributed by atoms with Gasteiger partial charge in [0.15, 0.2) is 0 Å². The Balaban J connectivity index is 3.47. The quantitative estimate of drug-likeness (QED) is 0.835. The minimum absolute atomic E-state index is 0.231. The fourth-order valence-electron chi connectivity index (χ4n) is 1.36. The number of carboxylic acids is 2. The zero-order valence-corrected chi connectivity index (χ0v) is 9.45. The highest BCUT2D eigenvalue weighted by Crippen LogP contribution is 2.42. The van der Waals surface area contributed by atoms with Gasteiger partial charge in [0, 0.05) is 0 Å². The molecule has 0 aliphatic rings. The van der Waals surface area contributed by atoms with E-state index >= 15 is 0 Å². The van der Waals surface area contributed by atoms with Crippen LogP contribution in [0.1, 0.15) is 33.2 Å². The van der Waals surface area contributed by atoms with Crippen LogP contribution in [-0.4, -0.2) is 28.3 Å². The summed E-state index contributed by atoms with van der Waals surface area (Å²) in [5.74, 6) is -3.38. The molecule has 0 amide bonds. The molecule has 0 saturated carbocycles. The predicted molar refractivity (Wildman–Crippen MR) is 54.9 cm³/mol. The summed E-state index contributed by atoms with van der Waals surface area (Å²) in [5.41, 5.74) is -6.36. The zero-order chi connectivity index (χ0) is 15.0. The summed E-state index contributed by atoms with van der Waals surface area (Å²) < 4.78 is 51.1. The van der Waals surface area contributed by atoms with Crippen molar-refractivity contribution in [2.75, 3.05) is 0 Å². The van der Waals surface area contributed by atoms with Crippen molar-refractivity contribution < 1.29 is 37.4 Å². The first-order valence-corrected chi connectivity index (χ1v) is 4.85. The maximum absolute atomic E-state index is 13.6. The van der Waals surface area contributed by atoms with Gasteiger partial charge in [0.1, 0.15) is 0 Å². The number of carbonyl (C=O) groups is 2. The molecule has 104 valence electrons. The van der Waals surface area contributed by atoms with E-state index < -0.39 is 40.5 Å². The van der Waals surface area contributed by atoms with Crippen LogP contribution >= 0.6 is 0 Å². The summed E-state index contributed by atoms with van der Waals surface area (Å²) in [4.78, 5) is 21.5. The first kappa shape index (κ1) is 14.9. The van der Waals surface area contributed by atoms with Crippen LogP contribution in [0.15, 0.2) is 18.2 Å². The highest BCUT2D eigenvalue weighted by atomic mass is 19.4. The van der Waals surface area contributed by atoms with Gasteiger partial charge < -0.3 is 10.2 Å². The molecule has 0 aliphatic heterocycles. The fourth-order valence-corrected chi connectivity index (χ4v) is 1.36. The van der Waals surface area contributed by atoms with Gasteiger partial charge in [0.25, 0.3) is 0 Å². The summed E-state index contributed by atoms with van der Waals surface area (Å²) in [6.07, 6.45) is -5.24. The lowest BCUT2D eigenvalue weighted by Crippen LogP contribution is -2.35. The Kier molecular flexibility index (Phi) is 3.56. The van der Waals surface area contributed by atoms with Crippen LogP contribution in [0.4, 0.5) is 17.6 Å². The molecule has 0 heterocycles. The zero-order valence-electron chi connectivity index (χ0n) is 9.45. The lowest BCUT2D eigenvalue weighted by molar-refractivity contribution is -0.228. The van der Waals surface area contributed by atoms with Crippen molar-refractivity contribution in [3.8, 4) is 0 Å². The molecule has 1 aromatic rings. The average Bonchev–Trinajstić information content (AvgIpc) is 2.26. The minimum atomic E-state index is -5.24. The Morgan fingerprint density at radius 3 is 1.84 bits per heavy atom. The Hall–Kier alpha value is -2.12. The van der Waals surface area contributed by atoms with Gasteiger partial charge in [0.2, 0.25) is 5.67 Å².